The maximum absolute atomic E-state index is 14.9. The van der Waals surface area contributed by atoms with Gasteiger partial charge in [0.15, 0.2) is 25.8 Å². The van der Waals surface area contributed by atoms with Gasteiger partial charge in [-0.2, -0.15) is 0 Å². The lowest BCUT2D eigenvalue weighted by Gasteiger charge is -2.45. The Labute approximate surface area is 200 Å². The first kappa shape index (κ1) is 23.6. The van der Waals surface area contributed by atoms with Crippen molar-refractivity contribution in [2.75, 3.05) is 0 Å². The summed E-state index contributed by atoms with van der Waals surface area (Å²) in [6.45, 7) is 22.3. The number of Topliss-reactive ketones (excluding diaryl/α,β-unsaturated/α-hetero) is 1. The molecule has 0 aromatic rings. The molecule has 1 saturated heterocycles. The molecule has 33 heavy (non-hydrogen) atoms. The Morgan fingerprint density at radius 3 is 2.39 bits per heavy atom. The topological polar surface area (TPSA) is 61.8 Å². The number of hydrogen-bond acceptors (Lipinski definition) is 5. The number of hydrogen-bond donors (Lipinski definition) is 0. The normalized spacial score (nSPS) is 47.9. The van der Waals surface area contributed by atoms with E-state index < -0.39 is 31.6 Å². The minimum absolute atomic E-state index is 0.0170. The summed E-state index contributed by atoms with van der Waals surface area (Å²) in [7, 11) is -2.20. The number of ketones is 1. The van der Waals surface area contributed by atoms with Gasteiger partial charge in [-0.15, -0.1) is 0 Å². The van der Waals surface area contributed by atoms with E-state index in [0.29, 0.717) is 18.3 Å². The van der Waals surface area contributed by atoms with E-state index in [2.05, 4.69) is 74.6 Å². The SMILES string of the molecule is CC1=CC23C(=O)C(C4C(C[C@H]2C)C4(C)C)[C@H](O[Si](C)(C)C(C)(C)C)[C@H](C)[C@H]2OC(=O)OC23C1. The number of ether oxygens (including phenoxy) is 2. The fourth-order valence-electron chi connectivity index (χ4n) is 8.13. The van der Waals surface area contributed by atoms with Crippen LogP contribution in [0.1, 0.15) is 68.2 Å². The Kier molecular flexibility index (Phi) is 4.67. The molecule has 5 nitrogen and oxygen atoms in total. The number of carbonyl (C=O) groups is 2. The summed E-state index contributed by atoms with van der Waals surface area (Å²) >= 11 is 0. The Hall–Kier alpha value is -1.14. The Morgan fingerprint density at radius 2 is 1.79 bits per heavy atom. The maximum atomic E-state index is 14.9. The third-order valence-electron chi connectivity index (χ3n) is 10.9. The second kappa shape index (κ2) is 6.54. The van der Waals surface area contributed by atoms with Crippen LogP contribution in [0.5, 0.6) is 0 Å². The average molecular weight is 475 g/mol. The second-order valence-corrected chi connectivity index (χ2v) is 18.8. The van der Waals surface area contributed by atoms with Gasteiger partial charge >= 0.3 is 6.16 Å². The highest BCUT2D eigenvalue weighted by molar-refractivity contribution is 6.74. The summed E-state index contributed by atoms with van der Waals surface area (Å²) in [6, 6.07) is 0. The number of carbonyl (C=O) groups excluding carboxylic acids is 2. The van der Waals surface area contributed by atoms with Crippen molar-refractivity contribution < 1.29 is 23.5 Å². The molecular formula is C27H42O5Si. The molecule has 0 N–H and O–H groups in total. The van der Waals surface area contributed by atoms with Crippen molar-refractivity contribution in [1.82, 2.24) is 0 Å². The first-order valence-electron chi connectivity index (χ1n) is 12.8. The van der Waals surface area contributed by atoms with Gasteiger partial charge in [0.1, 0.15) is 0 Å². The molecule has 5 unspecified atom stereocenters. The summed E-state index contributed by atoms with van der Waals surface area (Å²) in [5, 5.41) is 0.0170. The lowest BCUT2D eigenvalue weighted by atomic mass is 9.59. The Bertz CT molecular complexity index is 945. The average Bonchev–Trinajstić information content (AvgIpc) is 2.95. The molecule has 6 heteroatoms. The van der Waals surface area contributed by atoms with E-state index >= 15 is 0 Å². The first-order chi connectivity index (χ1) is 15.0. The summed E-state index contributed by atoms with van der Waals surface area (Å²) in [5.41, 5.74) is -0.536. The molecule has 0 aromatic heterocycles. The molecule has 2 bridgehead atoms. The quantitative estimate of drug-likeness (QED) is 0.273. The minimum Gasteiger partial charge on any atom is -0.426 e. The highest BCUT2D eigenvalue weighted by atomic mass is 28.4. The van der Waals surface area contributed by atoms with Crippen molar-refractivity contribution in [2.24, 2.45) is 40.4 Å². The largest absolute Gasteiger partial charge is 0.509 e. The molecule has 0 aromatic carbocycles. The van der Waals surface area contributed by atoms with Crippen LogP contribution in [0.2, 0.25) is 18.1 Å². The molecule has 5 rings (SSSR count). The Morgan fingerprint density at radius 1 is 1.15 bits per heavy atom. The van der Waals surface area contributed by atoms with Crippen molar-refractivity contribution in [1.29, 1.82) is 0 Å². The molecule has 0 amide bonds. The molecule has 1 aliphatic heterocycles. The van der Waals surface area contributed by atoms with Gasteiger partial charge in [-0.3, -0.25) is 4.79 Å². The van der Waals surface area contributed by atoms with Gasteiger partial charge < -0.3 is 13.9 Å². The fourth-order valence-corrected chi connectivity index (χ4v) is 9.52. The molecule has 2 spiro atoms. The van der Waals surface area contributed by atoms with Crippen LogP contribution in [-0.2, 0) is 18.7 Å². The van der Waals surface area contributed by atoms with Gasteiger partial charge in [-0.1, -0.05) is 60.1 Å². The smallest absolute Gasteiger partial charge is 0.426 e. The molecular weight excluding hydrogens is 432 g/mol. The van der Waals surface area contributed by atoms with Crippen LogP contribution < -0.4 is 0 Å². The predicted molar refractivity (Wildman–Crippen MR) is 129 cm³/mol. The van der Waals surface area contributed by atoms with Crippen LogP contribution in [-0.4, -0.2) is 38.1 Å². The van der Waals surface area contributed by atoms with Crippen molar-refractivity contribution in [3.63, 3.8) is 0 Å². The second-order valence-electron chi connectivity index (χ2n) is 14.0. The maximum Gasteiger partial charge on any atom is 0.509 e. The van der Waals surface area contributed by atoms with E-state index in [1.165, 1.54) is 0 Å². The lowest BCUT2D eigenvalue weighted by molar-refractivity contribution is -0.148. The van der Waals surface area contributed by atoms with E-state index in [-0.39, 0.29) is 40.1 Å². The highest BCUT2D eigenvalue weighted by Gasteiger charge is 2.80. The van der Waals surface area contributed by atoms with Crippen molar-refractivity contribution in [3.05, 3.63) is 11.6 Å². The lowest BCUT2D eigenvalue weighted by Crippen LogP contribution is -2.59. The van der Waals surface area contributed by atoms with E-state index in [0.717, 1.165) is 12.0 Å². The van der Waals surface area contributed by atoms with Crippen molar-refractivity contribution in [3.8, 4) is 0 Å². The van der Waals surface area contributed by atoms with E-state index in [1.54, 1.807) is 0 Å². The standard InChI is InChI=1S/C27H42O5Si/c1-14-12-26-15(2)11-17-19(25(17,7)8)18(21(26)28)20(32-33(9,10)24(4,5)6)16(3)22-27(26,13-14)31-23(29)30-22/h12,15-20,22H,11,13H2,1-10H3/t15-,16+,17?,18?,19?,20-,22-,26?,27?/m1/s1. The summed E-state index contributed by atoms with van der Waals surface area (Å²) in [5.74, 6) is 0.775. The third-order valence-corrected chi connectivity index (χ3v) is 15.3. The predicted octanol–water partition coefficient (Wildman–Crippen LogP) is 6.13. The molecule has 4 fully saturated rings. The van der Waals surface area contributed by atoms with Crippen LogP contribution in [0.4, 0.5) is 4.79 Å². The van der Waals surface area contributed by atoms with Gasteiger partial charge in [0.2, 0.25) is 0 Å². The van der Waals surface area contributed by atoms with Gasteiger partial charge in [0.25, 0.3) is 0 Å². The van der Waals surface area contributed by atoms with Gasteiger partial charge in [0.05, 0.1) is 11.5 Å². The molecule has 184 valence electrons. The molecule has 0 radical (unpaired) electrons. The van der Waals surface area contributed by atoms with Crippen LogP contribution in [0, 0.1) is 40.4 Å². The van der Waals surface area contributed by atoms with Crippen LogP contribution in [0.15, 0.2) is 11.6 Å². The fraction of sp³-hybridized carbons (Fsp3) is 0.852. The number of fused-ring (bicyclic) bond motifs is 3. The van der Waals surface area contributed by atoms with E-state index in [1.807, 2.05) is 0 Å². The molecule has 5 aliphatic rings. The van der Waals surface area contributed by atoms with Gasteiger partial charge in [0, 0.05) is 18.3 Å². The van der Waals surface area contributed by atoms with Crippen LogP contribution in [0.3, 0.4) is 0 Å². The van der Waals surface area contributed by atoms with Crippen LogP contribution >= 0.6 is 0 Å². The van der Waals surface area contributed by atoms with E-state index in [4.69, 9.17) is 13.9 Å². The monoisotopic (exact) mass is 474 g/mol. The summed E-state index contributed by atoms with van der Waals surface area (Å²) < 4.78 is 19.3. The molecule has 4 aliphatic carbocycles. The summed E-state index contributed by atoms with van der Waals surface area (Å²) in [4.78, 5) is 27.6. The Balaban J connectivity index is 1.73. The zero-order valence-corrected chi connectivity index (χ0v) is 23.1. The van der Waals surface area contributed by atoms with Crippen molar-refractivity contribution in [2.45, 2.75) is 104 Å². The molecule has 3 saturated carbocycles. The highest BCUT2D eigenvalue weighted by Crippen LogP contribution is 2.74. The zero-order chi connectivity index (χ0) is 24.5. The minimum atomic E-state index is -2.20. The third kappa shape index (κ3) is 2.74. The molecule has 9 atom stereocenters. The summed E-state index contributed by atoms with van der Waals surface area (Å²) in [6.07, 6.45) is 2.32. The number of rotatable bonds is 2. The van der Waals surface area contributed by atoms with E-state index in [9.17, 15) is 9.59 Å². The van der Waals surface area contributed by atoms with Gasteiger partial charge in [-0.05, 0) is 54.6 Å². The van der Waals surface area contributed by atoms with Crippen LogP contribution in [0.25, 0.3) is 0 Å². The zero-order valence-electron chi connectivity index (χ0n) is 22.1. The van der Waals surface area contributed by atoms with Crippen molar-refractivity contribution >= 4 is 20.3 Å². The molecule has 1 heterocycles. The van der Waals surface area contributed by atoms with Gasteiger partial charge in [-0.25, -0.2) is 4.79 Å². The first-order valence-corrected chi connectivity index (χ1v) is 15.7.